The van der Waals surface area contributed by atoms with Gasteiger partial charge in [0.2, 0.25) is 34.8 Å². The number of aliphatic imine (C=N–C) groups is 1. The van der Waals surface area contributed by atoms with Crippen LogP contribution in [0.5, 0.6) is 0 Å². The number of ketones is 4. The first-order valence-electron chi connectivity index (χ1n) is 4.36. The number of isocyanates is 1. The summed E-state index contributed by atoms with van der Waals surface area (Å²) in [4.78, 5) is 58.4. The quantitative estimate of drug-likeness (QED) is 0.199. The molecule has 0 bridgehead atoms. The maximum Gasteiger partial charge on any atom is 0.238 e. The Morgan fingerprint density at radius 3 is 1.65 bits per heavy atom. The molecule has 0 aliphatic carbocycles. The number of carbonyl (C=O) groups excluding carboxylic acids is 5. The lowest BCUT2D eigenvalue weighted by atomic mass is 9.87. The highest BCUT2D eigenvalue weighted by molar-refractivity contribution is 6.57. The van der Waals surface area contributed by atoms with Gasteiger partial charge in [0, 0.05) is 0 Å². The fourth-order valence-electron chi connectivity index (χ4n) is 0.961. The zero-order valence-corrected chi connectivity index (χ0v) is 9.06. The van der Waals surface area contributed by atoms with Crippen LogP contribution in [-0.2, 0) is 24.0 Å². The SMILES string of the molecule is C=CC(=O)C(=O)C(C)(N=C=O)C(=O)C(=O)C=C. The topological polar surface area (TPSA) is 97.7 Å². The van der Waals surface area contributed by atoms with Crippen molar-refractivity contribution in [3.8, 4) is 0 Å². The van der Waals surface area contributed by atoms with Crippen LogP contribution in [0.3, 0.4) is 0 Å². The third-order valence-corrected chi connectivity index (χ3v) is 1.97. The van der Waals surface area contributed by atoms with Crippen LogP contribution in [0.25, 0.3) is 0 Å². The van der Waals surface area contributed by atoms with E-state index in [0.29, 0.717) is 12.2 Å². The van der Waals surface area contributed by atoms with Crippen molar-refractivity contribution >= 4 is 29.2 Å². The molecule has 6 nitrogen and oxygen atoms in total. The molecule has 0 saturated heterocycles. The number of carbonyl (C=O) groups is 4. The second-order valence-corrected chi connectivity index (χ2v) is 3.07. The predicted octanol–water partition coefficient (Wildman–Crippen LogP) is -0.271. The van der Waals surface area contributed by atoms with Gasteiger partial charge in [-0.1, -0.05) is 13.2 Å². The molecule has 0 radical (unpaired) electrons. The van der Waals surface area contributed by atoms with Crippen LogP contribution in [0.2, 0.25) is 0 Å². The Kier molecular flexibility index (Phi) is 4.77. The standard InChI is InChI=1S/C11H9NO5/c1-4-7(14)9(16)11(3,12-6-13)10(17)8(15)5-2/h4-5H,1-2H2,3H3. The first kappa shape index (κ1) is 14.5. The van der Waals surface area contributed by atoms with E-state index < -0.39 is 28.7 Å². The van der Waals surface area contributed by atoms with Gasteiger partial charge >= 0.3 is 0 Å². The van der Waals surface area contributed by atoms with Crippen molar-refractivity contribution in [3.05, 3.63) is 25.3 Å². The van der Waals surface area contributed by atoms with E-state index in [1.54, 1.807) is 0 Å². The van der Waals surface area contributed by atoms with Gasteiger partial charge in [0.1, 0.15) is 0 Å². The van der Waals surface area contributed by atoms with E-state index in [1.807, 2.05) is 0 Å². The summed E-state index contributed by atoms with van der Waals surface area (Å²) >= 11 is 0. The van der Waals surface area contributed by atoms with Gasteiger partial charge in [-0.3, -0.25) is 19.2 Å². The second-order valence-electron chi connectivity index (χ2n) is 3.07. The highest BCUT2D eigenvalue weighted by Crippen LogP contribution is 2.15. The minimum absolute atomic E-state index is 0.659. The van der Waals surface area contributed by atoms with Crippen molar-refractivity contribution in [2.45, 2.75) is 12.5 Å². The normalized spacial score (nSPS) is 9.71. The third kappa shape index (κ3) is 2.76. The number of hydrogen-bond acceptors (Lipinski definition) is 6. The first-order chi connectivity index (χ1) is 7.84. The zero-order chi connectivity index (χ0) is 13.6. The predicted molar refractivity (Wildman–Crippen MR) is 56.9 cm³/mol. The maximum absolute atomic E-state index is 11.5. The zero-order valence-electron chi connectivity index (χ0n) is 9.06. The van der Waals surface area contributed by atoms with Gasteiger partial charge in [-0.05, 0) is 19.1 Å². The summed E-state index contributed by atoms with van der Waals surface area (Å²) in [7, 11) is 0. The molecular weight excluding hydrogens is 226 g/mol. The number of allylic oxidation sites excluding steroid dienone is 2. The van der Waals surface area contributed by atoms with E-state index >= 15 is 0 Å². The molecule has 0 saturated carbocycles. The third-order valence-electron chi connectivity index (χ3n) is 1.97. The van der Waals surface area contributed by atoms with Gasteiger partial charge in [-0.2, -0.15) is 4.99 Å². The molecule has 0 aromatic heterocycles. The largest absolute Gasteiger partial charge is 0.287 e. The van der Waals surface area contributed by atoms with Crippen LogP contribution in [-0.4, -0.2) is 34.8 Å². The Morgan fingerprint density at radius 1 is 1.06 bits per heavy atom. The van der Waals surface area contributed by atoms with Crippen molar-refractivity contribution in [1.82, 2.24) is 0 Å². The number of Topliss-reactive ketones (excluding diaryl/α,β-unsaturated/α-hetero) is 2. The molecule has 0 N–H and O–H groups in total. The van der Waals surface area contributed by atoms with Crippen LogP contribution in [0.1, 0.15) is 6.92 Å². The minimum Gasteiger partial charge on any atom is -0.287 e. The van der Waals surface area contributed by atoms with Crippen molar-refractivity contribution in [2.75, 3.05) is 0 Å². The molecule has 0 aliphatic rings. The summed E-state index contributed by atoms with van der Waals surface area (Å²) in [6, 6.07) is 0. The molecule has 0 aromatic carbocycles. The van der Waals surface area contributed by atoms with Crippen LogP contribution in [0.15, 0.2) is 30.3 Å². The lowest BCUT2D eigenvalue weighted by Gasteiger charge is -2.16. The molecule has 0 atom stereocenters. The molecule has 0 aliphatic heterocycles. The molecule has 0 fully saturated rings. The Labute approximate surface area is 96.7 Å². The monoisotopic (exact) mass is 235 g/mol. The summed E-state index contributed by atoms with van der Waals surface area (Å²) in [6.45, 7) is 6.99. The van der Waals surface area contributed by atoms with E-state index in [2.05, 4.69) is 18.2 Å². The lowest BCUT2D eigenvalue weighted by molar-refractivity contribution is -0.144. The van der Waals surface area contributed by atoms with Crippen molar-refractivity contribution in [2.24, 2.45) is 4.99 Å². The Morgan fingerprint density at radius 2 is 1.41 bits per heavy atom. The summed E-state index contributed by atoms with van der Waals surface area (Å²) in [5.41, 5.74) is -2.40. The van der Waals surface area contributed by atoms with Crippen molar-refractivity contribution in [1.29, 1.82) is 0 Å². The molecular formula is C11H9NO5. The van der Waals surface area contributed by atoms with Crippen LogP contribution < -0.4 is 0 Å². The van der Waals surface area contributed by atoms with E-state index in [-0.39, 0.29) is 0 Å². The summed E-state index contributed by atoms with van der Waals surface area (Å²) in [6.07, 6.45) is 2.31. The number of nitrogens with zero attached hydrogens (tertiary/aromatic N) is 1. The fourth-order valence-corrected chi connectivity index (χ4v) is 0.961. The molecule has 0 spiro atoms. The molecule has 17 heavy (non-hydrogen) atoms. The maximum atomic E-state index is 11.5. The van der Waals surface area contributed by atoms with Gasteiger partial charge < -0.3 is 0 Å². The Balaban J connectivity index is 5.69. The van der Waals surface area contributed by atoms with Gasteiger partial charge in [0.15, 0.2) is 0 Å². The smallest absolute Gasteiger partial charge is 0.238 e. The summed E-state index contributed by atoms with van der Waals surface area (Å²) < 4.78 is 0. The summed E-state index contributed by atoms with van der Waals surface area (Å²) in [5.74, 6) is -4.90. The minimum atomic E-state index is -2.40. The Hall–Kier alpha value is -2.46. The van der Waals surface area contributed by atoms with Gasteiger partial charge in [0.25, 0.3) is 0 Å². The van der Waals surface area contributed by atoms with Crippen molar-refractivity contribution < 1.29 is 24.0 Å². The molecule has 0 rings (SSSR count). The highest BCUT2D eigenvalue weighted by atomic mass is 16.2. The average molecular weight is 235 g/mol. The van der Waals surface area contributed by atoms with Crippen molar-refractivity contribution in [3.63, 3.8) is 0 Å². The van der Waals surface area contributed by atoms with Gasteiger partial charge in [-0.25, -0.2) is 4.79 Å². The molecule has 0 amide bonds. The lowest BCUT2D eigenvalue weighted by Crippen LogP contribution is -2.48. The second kappa shape index (κ2) is 5.58. The molecule has 88 valence electrons. The molecule has 6 heteroatoms. The van der Waals surface area contributed by atoms with E-state index in [9.17, 15) is 24.0 Å². The van der Waals surface area contributed by atoms with Crippen LogP contribution in [0, 0.1) is 0 Å². The fraction of sp³-hybridized carbons (Fsp3) is 0.182. The molecule has 0 unspecified atom stereocenters. The molecule has 0 aromatic rings. The van der Waals surface area contributed by atoms with E-state index in [0.717, 1.165) is 13.0 Å². The highest BCUT2D eigenvalue weighted by Gasteiger charge is 2.46. The van der Waals surface area contributed by atoms with E-state index in [4.69, 9.17) is 0 Å². The van der Waals surface area contributed by atoms with E-state index in [1.165, 1.54) is 0 Å². The average Bonchev–Trinajstić information content (AvgIpc) is 2.34. The van der Waals surface area contributed by atoms with Crippen LogP contribution >= 0.6 is 0 Å². The van der Waals surface area contributed by atoms with Crippen LogP contribution in [0.4, 0.5) is 0 Å². The molecule has 0 heterocycles. The number of hydrogen-bond donors (Lipinski definition) is 0. The number of rotatable bonds is 7. The van der Waals surface area contributed by atoms with Gasteiger partial charge in [-0.15, -0.1) is 0 Å². The van der Waals surface area contributed by atoms with Gasteiger partial charge in [0.05, 0.1) is 0 Å². The Bertz CT molecular complexity index is 436. The first-order valence-corrected chi connectivity index (χ1v) is 4.36. The summed E-state index contributed by atoms with van der Waals surface area (Å²) in [5, 5.41) is 0.